The fourth-order valence-electron chi connectivity index (χ4n) is 2.86. The van der Waals surface area contributed by atoms with Crippen molar-refractivity contribution in [1.82, 2.24) is 25.2 Å². The van der Waals surface area contributed by atoms with E-state index in [0.29, 0.717) is 18.0 Å². The number of hydrogen-bond donors (Lipinski definition) is 2. The third-order valence-electron chi connectivity index (χ3n) is 4.40. The summed E-state index contributed by atoms with van der Waals surface area (Å²) in [5.41, 5.74) is 0.190. The van der Waals surface area contributed by atoms with Crippen LogP contribution in [0.4, 0.5) is 32.2 Å². The van der Waals surface area contributed by atoms with Gasteiger partial charge in [-0.2, -0.15) is 26.3 Å². The lowest BCUT2D eigenvalue weighted by Crippen LogP contribution is -2.42. The highest BCUT2D eigenvalue weighted by molar-refractivity contribution is 5.58. The zero-order chi connectivity index (χ0) is 24.4. The largest absolute Gasteiger partial charge is 0.416 e. The molecule has 0 spiro atoms. The maximum absolute atomic E-state index is 13.1. The molecule has 0 aliphatic rings. The molecular weight excluding hydrogens is 454 g/mol. The van der Waals surface area contributed by atoms with Gasteiger partial charge < -0.3 is 5.11 Å². The van der Waals surface area contributed by atoms with Crippen molar-refractivity contribution >= 4 is 12.0 Å². The van der Waals surface area contributed by atoms with Crippen LogP contribution in [0.15, 0.2) is 48.9 Å². The molecule has 1 aromatic carbocycles. The molecule has 33 heavy (non-hydrogen) atoms. The number of alkyl halides is 6. The molecule has 2 heterocycles. The average molecular weight is 472 g/mol. The zero-order valence-electron chi connectivity index (χ0n) is 17.2. The smallest absolute Gasteiger partial charge is 0.373 e. The molecular formula is C20H18F6N6O. The van der Waals surface area contributed by atoms with Crippen LogP contribution in [0.25, 0.3) is 17.6 Å². The molecule has 0 saturated carbocycles. The molecule has 0 bridgehead atoms. The van der Waals surface area contributed by atoms with E-state index in [4.69, 9.17) is 0 Å². The SMILES string of the molecule is Cc1cccnc1N(C)NC(O)/C=C\n1cnc(-c2cc(C(F)(F)F)cc(C(F)(F)F)c2)n1. The van der Waals surface area contributed by atoms with E-state index in [1.54, 1.807) is 19.3 Å². The van der Waals surface area contributed by atoms with Crippen LogP contribution in [0.5, 0.6) is 0 Å². The first-order valence-electron chi connectivity index (χ1n) is 9.33. The number of halogens is 6. The van der Waals surface area contributed by atoms with Gasteiger partial charge in [0, 0.05) is 25.0 Å². The first-order chi connectivity index (χ1) is 15.3. The number of hydrogen-bond acceptors (Lipinski definition) is 6. The van der Waals surface area contributed by atoms with Gasteiger partial charge in [-0.1, -0.05) is 6.07 Å². The Hall–Kier alpha value is -3.45. The fourth-order valence-corrected chi connectivity index (χ4v) is 2.86. The molecule has 1 unspecified atom stereocenters. The maximum atomic E-state index is 13.1. The summed E-state index contributed by atoms with van der Waals surface area (Å²) in [6, 6.07) is 4.70. The van der Waals surface area contributed by atoms with E-state index in [0.717, 1.165) is 16.6 Å². The summed E-state index contributed by atoms with van der Waals surface area (Å²) in [6.45, 7) is 1.83. The van der Waals surface area contributed by atoms with E-state index in [9.17, 15) is 31.4 Å². The van der Waals surface area contributed by atoms with Crippen LogP contribution in [0.2, 0.25) is 0 Å². The molecule has 0 aliphatic carbocycles. The minimum atomic E-state index is -4.98. The lowest BCUT2D eigenvalue weighted by molar-refractivity contribution is -0.143. The Labute approximate surface area is 184 Å². The molecule has 2 aromatic heterocycles. The molecule has 0 fully saturated rings. The number of rotatable bonds is 6. The number of pyridine rings is 1. The third kappa shape index (κ3) is 6.08. The van der Waals surface area contributed by atoms with Crippen LogP contribution >= 0.6 is 0 Å². The predicted molar refractivity (Wildman–Crippen MR) is 107 cm³/mol. The van der Waals surface area contributed by atoms with Gasteiger partial charge >= 0.3 is 12.4 Å². The molecule has 2 N–H and O–H groups in total. The molecule has 1 atom stereocenters. The highest BCUT2D eigenvalue weighted by atomic mass is 19.4. The predicted octanol–water partition coefficient (Wildman–Crippen LogP) is 4.12. The number of aryl methyl sites for hydroxylation is 1. The number of anilines is 1. The van der Waals surface area contributed by atoms with Gasteiger partial charge in [0.1, 0.15) is 18.4 Å². The summed E-state index contributed by atoms with van der Waals surface area (Å²) in [6.07, 6.45) is -6.02. The van der Waals surface area contributed by atoms with Crippen LogP contribution in [0.3, 0.4) is 0 Å². The van der Waals surface area contributed by atoms with Crippen molar-refractivity contribution in [3.8, 4) is 11.4 Å². The Morgan fingerprint density at radius 1 is 1.06 bits per heavy atom. The van der Waals surface area contributed by atoms with Gasteiger partial charge in [-0.25, -0.2) is 20.1 Å². The first kappa shape index (κ1) is 24.2. The number of nitrogens with zero attached hydrogens (tertiary/aromatic N) is 5. The summed E-state index contributed by atoms with van der Waals surface area (Å²) in [4.78, 5) is 7.95. The molecule has 0 radical (unpaired) electrons. The number of aliphatic hydroxyl groups excluding tert-OH is 1. The minimum Gasteiger partial charge on any atom is -0.373 e. The third-order valence-corrected chi connectivity index (χ3v) is 4.40. The number of aliphatic hydroxyl groups is 1. The van der Waals surface area contributed by atoms with Gasteiger partial charge in [-0.15, -0.1) is 5.10 Å². The summed E-state index contributed by atoms with van der Waals surface area (Å²) >= 11 is 0. The van der Waals surface area contributed by atoms with Crippen molar-refractivity contribution in [2.75, 3.05) is 12.1 Å². The average Bonchev–Trinajstić information content (AvgIpc) is 3.20. The number of nitrogens with one attached hydrogen (secondary N) is 1. The van der Waals surface area contributed by atoms with Crippen LogP contribution < -0.4 is 10.4 Å². The second kappa shape index (κ2) is 9.19. The molecule has 3 rings (SSSR count). The fraction of sp³-hybridized carbons (Fsp3) is 0.250. The van der Waals surface area contributed by atoms with Gasteiger partial charge in [0.25, 0.3) is 0 Å². The topological polar surface area (TPSA) is 79.1 Å². The quantitative estimate of drug-likeness (QED) is 0.319. The van der Waals surface area contributed by atoms with E-state index >= 15 is 0 Å². The number of aromatic nitrogens is 4. The zero-order valence-corrected chi connectivity index (χ0v) is 17.2. The second-order valence-electron chi connectivity index (χ2n) is 6.96. The Morgan fingerprint density at radius 3 is 2.27 bits per heavy atom. The normalized spacial score (nSPS) is 13.5. The van der Waals surface area contributed by atoms with Crippen LogP contribution in [0, 0.1) is 6.92 Å². The minimum absolute atomic E-state index is 0.0300. The Balaban J connectivity index is 1.78. The molecule has 3 aromatic rings. The van der Waals surface area contributed by atoms with E-state index in [-0.39, 0.29) is 11.9 Å². The highest BCUT2D eigenvalue weighted by Gasteiger charge is 2.37. The Morgan fingerprint density at radius 2 is 1.70 bits per heavy atom. The van der Waals surface area contributed by atoms with Crippen molar-refractivity contribution in [1.29, 1.82) is 0 Å². The summed E-state index contributed by atoms with van der Waals surface area (Å²) < 4.78 is 79.3. The van der Waals surface area contributed by atoms with E-state index in [2.05, 4.69) is 20.5 Å². The van der Waals surface area contributed by atoms with E-state index in [1.807, 2.05) is 13.0 Å². The van der Waals surface area contributed by atoms with Crippen LogP contribution in [-0.4, -0.2) is 38.1 Å². The van der Waals surface area contributed by atoms with Crippen LogP contribution in [0.1, 0.15) is 16.7 Å². The molecule has 13 heteroatoms. The van der Waals surface area contributed by atoms with Crippen molar-refractivity contribution in [2.24, 2.45) is 0 Å². The molecule has 0 amide bonds. The standard InChI is InChI=1S/C20H18F6N6O/c1-12-4-3-6-27-18(12)31(2)29-16(33)5-7-32-11-28-17(30-32)13-8-14(19(21,22)23)10-15(9-13)20(24,25)26/h3-11,16,29,33H,1-2H3/b7-5-. The number of hydrazine groups is 1. The van der Waals surface area contributed by atoms with E-state index < -0.39 is 35.3 Å². The monoisotopic (exact) mass is 472 g/mol. The Bertz CT molecular complexity index is 1110. The van der Waals surface area contributed by atoms with Crippen LogP contribution in [-0.2, 0) is 12.4 Å². The van der Waals surface area contributed by atoms with Crippen molar-refractivity contribution < 1.29 is 31.4 Å². The van der Waals surface area contributed by atoms with Crippen molar-refractivity contribution in [3.05, 3.63) is 65.6 Å². The second-order valence-corrected chi connectivity index (χ2v) is 6.96. The van der Waals surface area contributed by atoms with Gasteiger partial charge in [0.05, 0.1) is 11.1 Å². The van der Waals surface area contributed by atoms with Gasteiger partial charge in [-0.05, 0) is 42.8 Å². The Kier molecular flexibility index (Phi) is 6.74. The lowest BCUT2D eigenvalue weighted by atomic mass is 10.0. The van der Waals surface area contributed by atoms with Gasteiger partial charge in [-0.3, -0.25) is 5.01 Å². The van der Waals surface area contributed by atoms with E-state index in [1.165, 1.54) is 17.3 Å². The summed E-state index contributed by atoms with van der Waals surface area (Å²) in [7, 11) is 1.63. The first-order valence-corrected chi connectivity index (χ1v) is 9.33. The number of benzene rings is 1. The lowest BCUT2D eigenvalue weighted by Gasteiger charge is -2.22. The maximum Gasteiger partial charge on any atom is 0.416 e. The molecule has 7 nitrogen and oxygen atoms in total. The highest BCUT2D eigenvalue weighted by Crippen LogP contribution is 2.38. The molecule has 0 saturated heterocycles. The summed E-state index contributed by atoms with van der Waals surface area (Å²) in [5.74, 6) is 0.220. The van der Waals surface area contributed by atoms with Crippen molar-refractivity contribution in [2.45, 2.75) is 25.5 Å². The molecule has 176 valence electrons. The van der Waals surface area contributed by atoms with Crippen molar-refractivity contribution in [3.63, 3.8) is 0 Å². The molecule has 0 aliphatic heterocycles. The summed E-state index contributed by atoms with van der Waals surface area (Å²) in [5, 5.41) is 15.5. The van der Waals surface area contributed by atoms with Gasteiger partial charge in [0.2, 0.25) is 0 Å². The van der Waals surface area contributed by atoms with Gasteiger partial charge in [0.15, 0.2) is 5.82 Å².